The number of nitrogens with one attached hydrogen (secondary N) is 1. The van der Waals surface area contributed by atoms with Crippen LogP contribution in [0.4, 0.5) is 0 Å². The zero-order valence-electron chi connectivity index (χ0n) is 11.8. The van der Waals surface area contributed by atoms with Crippen LogP contribution in [0.5, 0.6) is 0 Å². The molecule has 4 nitrogen and oxygen atoms in total. The average molecular weight is 274 g/mol. The third kappa shape index (κ3) is 5.50. The van der Waals surface area contributed by atoms with Gasteiger partial charge in [-0.25, -0.2) is 8.42 Å². The number of rotatable bonds is 7. The Hall–Kier alpha value is -0.390. The first-order valence-electron chi connectivity index (χ1n) is 6.78. The number of hydrogen-bond donors (Lipinski definition) is 1. The fourth-order valence-corrected chi connectivity index (χ4v) is 3.65. The molecule has 0 amide bonds. The smallest absolute Gasteiger partial charge is 0.214 e. The van der Waals surface area contributed by atoms with Crippen LogP contribution in [0.1, 0.15) is 40.0 Å². The monoisotopic (exact) mass is 274 g/mol. The van der Waals surface area contributed by atoms with Gasteiger partial charge in [-0.1, -0.05) is 25.5 Å². The highest BCUT2D eigenvalue weighted by Crippen LogP contribution is 2.14. The van der Waals surface area contributed by atoms with Crippen molar-refractivity contribution in [2.45, 2.75) is 46.1 Å². The van der Waals surface area contributed by atoms with E-state index in [1.54, 1.807) is 4.31 Å². The fourth-order valence-electron chi connectivity index (χ4n) is 2.04. The summed E-state index contributed by atoms with van der Waals surface area (Å²) in [6, 6.07) is 0.469. The zero-order valence-corrected chi connectivity index (χ0v) is 12.6. The summed E-state index contributed by atoms with van der Waals surface area (Å²) in [6.07, 6.45) is 4.62. The maximum absolute atomic E-state index is 12.1. The van der Waals surface area contributed by atoms with E-state index in [2.05, 4.69) is 25.2 Å². The predicted octanol–water partition coefficient (Wildman–Crippen LogP) is 1.75. The highest BCUT2D eigenvalue weighted by atomic mass is 32.2. The Morgan fingerprint density at radius 2 is 2.11 bits per heavy atom. The number of unbranched alkanes of at least 4 members (excludes halogenated alkanes) is 1. The van der Waals surface area contributed by atoms with Crippen LogP contribution in [0.25, 0.3) is 0 Å². The minimum Gasteiger partial charge on any atom is -0.315 e. The molecule has 1 N–H and O–H groups in total. The van der Waals surface area contributed by atoms with Crippen LogP contribution in [0.15, 0.2) is 11.6 Å². The lowest BCUT2D eigenvalue weighted by molar-refractivity contribution is 0.426. The molecule has 1 heterocycles. The maximum Gasteiger partial charge on any atom is 0.214 e. The third-order valence-electron chi connectivity index (χ3n) is 3.07. The molecule has 0 fully saturated rings. The number of sulfonamides is 1. The SMILES string of the molecule is CC1=CCCN(S(=O)(=O)CCCCNC(C)C)C1. The van der Waals surface area contributed by atoms with Gasteiger partial charge < -0.3 is 5.32 Å². The van der Waals surface area contributed by atoms with Crippen molar-refractivity contribution in [2.24, 2.45) is 0 Å². The highest BCUT2D eigenvalue weighted by molar-refractivity contribution is 7.89. The molecule has 0 radical (unpaired) electrons. The van der Waals surface area contributed by atoms with E-state index in [4.69, 9.17) is 0 Å². The van der Waals surface area contributed by atoms with Crippen LogP contribution in [-0.4, -0.2) is 44.2 Å². The predicted molar refractivity (Wildman–Crippen MR) is 76.1 cm³/mol. The minimum absolute atomic E-state index is 0.278. The van der Waals surface area contributed by atoms with Crippen LogP contribution in [0.2, 0.25) is 0 Å². The summed E-state index contributed by atoms with van der Waals surface area (Å²) in [5, 5.41) is 3.30. The van der Waals surface area contributed by atoms with Crippen molar-refractivity contribution in [3.63, 3.8) is 0 Å². The fraction of sp³-hybridized carbons (Fsp3) is 0.846. The van der Waals surface area contributed by atoms with E-state index in [0.29, 0.717) is 19.1 Å². The van der Waals surface area contributed by atoms with Crippen LogP contribution in [0.3, 0.4) is 0 Å². The quantitative estimate of drug-likeness (QED) is 0.568. The second-order valence-electron chi connectivity index (χ2n) is 5.30. The Balaban J connectivity index is 2.30. The lowest BCUT2D eigenvalue weighted by Crippen LogP contribution is -2.37. The van der Waals surface area contributed by atoms with E-state index < -0.39 is 10.0 Å². The minimum atomic E-state index is -3.05. The molecular weight excluding hydrogens is 248 g/mol. The summed E-state index contributed by atoms with van der Waals surface area (Å²) >= 11 is 0. The van der Waals surface area contributed by atoms with E-state index in [9.17, 15) is 8.42 Å². The Labute approximate surface area is 111 Å². The van der Waals surface area contributed by atoms with Gasteiger partial charge in [-0.15, -0.1) is 0 Å². The summed E-state index contributed by atoms with van der Waals surface area (Å²) in [5.74, 6) is 0.278. The lowest BCUT2D eigenvalue weighted by Gasteiger charge is -2.25. The van der Waals surface area contributed by atoms with Gasteiger partial charge >= 0.3 is 0 Å². The Morgan fingerprint density at radius 3 is 2.72 bits per heavy atom. The van der Waals surface area contributed by atoms with Crippen LogP contribution < -0.4 is 5.32 Å². The molecule has 0 atom stereocenters. The topological polar surface area (TPSA) is 49.4 Å². The molecule has 0 unspecified atom stereocenters. The van der Waals surface area contributed by atoms with E-state index in [1.165, 1.54) is 0 Å². The van der Waals surface area contributed by atoms with E-state index in [0.717, 1.165) is 31.4 Å². The Kier molecular flexibility index (Phi) is 6.32. The largest absolute Gasteiger partial charge is 0.315 e. The summed E-state index contributed by atoms with van der Waals surface area (Å²) < 4.78 is 25.8. The Bertz CT molecular complexity index is 374. The molecular formula is C13H26N2O2S. The highest BCUT2D eigenvalue weighted by Gasteiger charge is 2.23. The molecule has 0 saturated heterocycles. The number of hydrogen-bond acceptors (Lipinski definition) is 3. The van der Waals surface area contributed by atoms with Crippen molar-refractivity contribution in [1.82, 2.24) is 9.62 Å². The first kappa shape index (κ1) is 15.7. The van der Waals surface area contributed by atoms with Crippen molar-refractivity contribution in [1.29, 1.82) is 0 Å². The van der Waals surface area contributed by atoms with Crippen molar-refractivity contribution >= 4 is 10.0 Å². The maximum atomic E-state index is 12.1. The van der Waals surface area contributed by atoms with Gasteiger partial charge in [0.05, 0.1) is 5.75 Å². The zero-order chi connectivity index (χ0) is 13.6. The molecule has 5 heteroatoms. The van der Waals surface area contributed by atoms with Gasteiger partial charge in [-0.05, 0) is 32.7 Å². The summed E-state index contributed by atoms with van der Waals surface area (Å²) in [6.45, 7) is 8.30. The molecule has 0 aromatic rings. The second kappa shape index (κ2) is 7.26. The second-order valence-corrected chi connectivity index (χ2v) is 7.39. The molecule has 18 heavy (non-hydrogen) atoms. The average Bonchev–Trinajstić information content (AvgIpc) is 2.28. The summed E-state index contributed by atoms with van der Waals surface area (Å²) in [7, 11) is -3.05. The molecule has 0 aromatic heterocycles. The van der Waals surface area contributed by atoms with E-state index in [-0.39, 0.29) is 5.75 Å². The van der Waals surface area contributed by atoms with E-state index in [1.807, 2.05) is 6.92 Å². The van der Waals surface area contributed by atoms with Gasteiger partial charge in [-0.2, -0.15) is 4.31 Å². The normalized spacial score (nSPS) is 18.1. The number of nitrogens with zero attached hydrogens (tertiary/aromatic N) is 1. The van der Waals surface area contributed by atoms with Crippen molar-refractivity contribution in [2.75, 3.05) is 25.4 Å². The molecule has 0 bridgehead atoms. The van der Waals surface area contributed by atoms with Gasteiger partial charge in [-0.3, -0.25) is 0 Å². The lowest BCUT2D eigenvalue weighted by atomic mass is 10.2. The van der Waals surface area contributed by atoms with E-state index >= 15 is 0 Å². The molecule has 0 spiro atoms. The van der Waals surface area contributed by atoms with Crippen LogP contribution >= 0.6 is 0 Å². The van der Waals surface area contributed by atoms with Gasteiger partial charge in [0.25, 0.3) is 0 Å². The van der Waals surface area contributed by atoms with Crippen molar-refractivity contribution in [3.8, 4) is 0 Å². The standard InChI is InChI=1S/C13H26N2O2S/c1-12(2)14-8-4-5-10-18(16,17)15-9-6-7-13(3)11-15/h7,12,14H,4-6,8-11H2,1-3H3. The van der Waals surface area contributed by atoms with Gasteiger partial charge in [0.2, 0.25) is 10.0 Å². The summed E-state index contributed by atoms with van der Waals surface area (Å²) in [5.41, 5.74) is 1.16. The first-order valence-corrected chi connectivity index (χ1v) is 8.39. The van der Waals surface area contributed by atoms with Gasteiger partial charge in [0.1, 0.15) is 0 Å². The molecule has 1 rings (SSSR count). The third-order valence-corrected chi connectivity index (χ3v) is 4.98. The molecule has 1 aliphatic rings. The van der Waals surface area contributed by atoms with Crippen LogP contribution in [0, 0.1) is 0 Å². The molecule has 0 saturated carbocycles. The first-order chi connectivity index (χ1) is 8.42. The Morgan fingerprint density at radius 1 is 1.39 bits per heavy atom. The van der Waals surface area contributed by atoms with Crippen molar-refractivity contribution in [3.05, 3.63) is 11.6 Å². The molecule has 106 valence electrons. The van der Waals surface area contributed by atoms with Crippen molar-refractivity contribution < 1.29 is 8.42 Å². The van der Waals surface area contributed by atoms with Gasteiger partial charge in [0, 0.05) is 19.1 Å². The molecule has 1 aliphatic heterocycles. The van der Waals surface area contributed by atoms with Gasteiger partial charge in [0.15, 0.2) is 0 Å². The van der Waals surface area contributed by atoms with Crippen LogP contribution in [-0.2, 0) is 10.0 Å². The molecule has 0 aromatic carbocycles. The molecule has 0 aliphatic carbocycles. The summed E-state index contributed by atoms with van der Waals surface area (Å²) in [4.78, 5) is 0.